The molecular weight excluding hydrogens is 246 g/mol. The van der Waals surface area contributed by atoms with Gasteiger partial charge in [0, 0.05) is 6.04 Å². The van der Waals surface area contributed by atoms with Crippen LogP contribution in [-0.2, 0) is 0 Å². The van der Waals surface area contributed by atoms with Crippen molar-refractivity contribution in [2.24, 2.45) is 0 Å². The van der Waals surface area contributed by atoms with E-state index in [0.29, 0.717) is 12.0 Å². The van der Waals surface area contributed by atoms with Gasteiger partial charge in [-0.1, -0.05) is 39.8 Å². The molecule has 0 spiro atoms. The Morgan fingerprint density at radius 1 is 1.10 bits per heavy atom. The van der Waals surface area contributed by atoms with Crippen molar-refractivity contribution < 1.29 is 4.74 Å². The van der Waals surface area contributed by atoms with E-state index in [4.69, 9.17) is 4.74 Å². The average molecular weight is 277 g/mol. The van der Waals surface area contributed by atoms with Gasteiger partial charge >= 0.3 is 0 Å². The fraction of sp³-hybridized carbons (Fsp3) is 0.667. The molecule has 0 saturated heterocycles. The zero-order valence-corrected chi connectivity index (χ0v) is 14.0. The van der Waals surface area contributed by atoms with Crippen LogP contribution in [0.1, 0.15) is 64.5 Å². The Bertz CT molecular complexity index is 398. The molecule has 1 unspecified atom stereocenters. The molecule has 0 aliphatic rings. The normalized spacial score (nSPS) is 13.0. The lowest BCUT2D eigenvalue weighted by atomic mass is 10.0. The Kier molecular flexibility index (Phi) is 7.08. The van der Waals surface area contributed by atoms with Crippen LogP contribution in [0.5, 0.6) is 5.75 Å². The molecule has 0 bridgehead atoms. The highest BCUT2D eigenvalue weighted by Crippen LogP contribution is 2.28. The number of ether oxygens (including phenoxy) is 1. The molecule has 1 aromatic carbocycles. The quantitative estimate of drug-likeness (QED) is 0.698. The molecule has 1 atom stereocenters. The van der Waals surface area contributed by atoms with E-state index in [1.807, 2.05) is 0 Å². The molecule has 0 aliphatic heterocycles. The van der Waals surface area contributed by atoms with Crippen LogP contribution in [0.4, 0.5) is 0 Å². The van der Waals surface area contributed by atoms with Gasteiger partial charge in [-0.3, -0.25) is 0 Å². The van der Waals surface area contributed by atoms with Gasteiger partial charge in [-0.25, -0.2) is 0 Å². The van der Waals surface area contributed by atoms with Crippen molar-refractivity contribution in [2.75, 3.05) is 6.54 Å². The van der Waals surface area contributed by atoms with E-state index >= 15 is 0 Å². The van der Waals surface area contributed by atoms with E-state index in [0.717, 1.165) is 25.1 Å². The Hall–Kier alpha value is -1.02. The minimum Gasteiger partial charge on any atom is -0.490 e. The van der Waals surface area contributed by atoms with Crippen LogP contribution in [0.3, 0.4) is 0 Å². The predicted molar refractivity (Wildman–Crippen MR) is 87.7 cm³/mol. The van der Waals surface area contributed by atoms with Crippen molar-refractivity contribution >= 4 is 0 Å². The fourth-order valence-electron chi connectivity index (χ4n) is 2.28. The smallest absolute Gasteiger partial charge is 0.123 e. The van der Waals surface area contributed by atoms with Gasteiger partial charge in [-0.2, -0.15) is 0 Å². The third-order valence-corrected chi connectivity index (χ3v) is 3.46. The zero-order valence-electron chi connectivity index (χ0n) is 14.0. The second kappa shape index (κ2) is 8.31. The monoisotopic (exact) mass is 277 g/mol. The molecule has 114 valence electrons. The Morgan fingerprint density at radius 3 is 2.40 bits per heavy atom. The van der Waals surface area contributed by atoms with Gasteiger partial charge in [0.25, 0.3) is 0 Å². The van der Waals surface area contributed by atoms with Crippen LogP contribution in [0.25, 0.3) is 0 Å². The Morgan fingerprint density at radius 2 is 1.80 bits per heavy atom. The highest BCUT2D eigenvalue weighted by molar-refractivity contribution is 5.39. The lowest BCUT2D eigenvalue weighted by molar-refractivity contribution is 0.204. The highest BCUT2D eigenvalue weighted by atomic mass is 16.5. The van der Waals surface area contributed by atoms with Crippen LogP contribution < -0.4 is 10.1 Å². The fourth-order valence-corrected chi connectivity index (χ4v) is 2.28. The molecule has 0 heterocycles. The van der Waals surface area contributed by atoms with Crippen molar-refractivity contribution in [2.45, 2.75) is 72.4 Å². The molecule has 20 heavy (non-hydrogen) atoms. The van der Waals surface area contributed by atoms with Gasteiger partial charge < -0.3 is 10.1 Å². The summed E-state index contributed by atoms with van der Waals surface area (Å²) in [4.78, 5) is 0. The first-order valence-electron chi connectivity index (χ1n) is 7.90. The minimum atomic E-state index is 0.267. The number of hydrogen-bond acceptors (Lipinski definition) is 2. The van der Waals surface area contributed by atoms with Gasteiger partial charge in [0.2, 0.25) is 0 Å². The number of rotatable bonds is 8. The summed E-state index contributed by atoms with van der Waals surface area (Å²) in [6, 6.07) is 7.09. The standard InChI is InChI=1S/C18H31NO/c1-13(2)17-10-9-15(5)12-18(17)20-16(6)8-7-11-19-14(3)4/h9-10,12-14,16,19H,7-8,11H2,1-6H3. The van der Waals surface area contributed by atoms with Crippen molar-refractivity contribution in [1.29, 1.82) is 0 Å². The van der Waals surface area contributed by atoms with E-state index < -0.39 is 0 Å². The number of hydrogen-bond donors (Lipinski definition) is 1. The molecule has 0 fully saturated rings. The summed E-state index contributed by atoms with van der Waals surface area (Å²) >= 11 is 0. The lowest BCUT2D eigenvalue weighted by Gasteiger charge is -2.20. The highest BCUT2D eigenvalue weighted by Gasteiger charge is 2.11. The van der Waals surface area contributed by atoms with Crippen molar-refractivity contribution in [3.63, 3.8) is 0 Å². The molecule has 1 N–H and O–H groups in total. The van der Waals surface area contributed by atoms with Crippen LogP contribution in [0.2, 0.25) is 0 Å². The topological polar surface area (TPSA) is 21.3 Å². The summed E-state index contributed by atoms with van der Waals surface area (Å²) in [5.74, 6) is 1.56. The maximum atomic E-state index is 6.17. The lowest BCUT2D eigenvalue weighted by Crippen LogP contribution is -2.25. The van der Waals surface area contributed by atoms with E-state index in [2.05, 4.69) is 65.1 Å². The zero-order chi connectivity index (χ0) is 15.1. The maximum absolute atomic E-state index is 6.17. The van der Waals surface area contributed by atoms with Gasteiger partial charge in [-0.05, 0) is 56.3 Å². The summed E-state index contributed by atoms with van der Waals surface area (Å²) in [5, 5.41) is 3.45. The number of benzene rings is 1. The summed E-state index contributed by atoms with van der Waals surface area (Å²) in [6.45, 7) is 14.2. The van der Waals surface area contributed by atoms with Crippen molar-refractivity contribution in [3.8, 4) is 5.75 Å². The SMILES string of the molecule is Cc1ccc(C(C)C)c(OC(C)CCCNC(C)C)c1. The second-order valence-electron chi connectivity index (χ2n) is 6.38. The van der Waals surface area contributed by atoms with Crippen LogP contribution in [-0.4, -0.2) is 18.7 Å². The molecule has 1 aromatic rings. The van der Waals surface area contributed by atoms with Gasteiger partial charge in [-0.15, -0.1) is 0 Å². The molecule has 0 radical (unpaired) electrons. The van der Waals surface area contributed by atoms with Crippen molar-refractivity contribution in [1.82, 2.24) is 5.32 Å². The predicted octanol–water partition coefficient (Wildman–Crippen LogP) is 4.66. The summed E-state index contributed by atoms with van der Waals surface area (Å²) in [5.41, 5.74) is 2.57. The molecule has 0 saturated carbocycles. The summed E-state index contributed by atoms with van der Waals surface area (Å²) in [6.07, 6.45) is 2.51. The first kappa shape index (κ1) is 17.0. The third-order valence-electron chi connectivity index (χ3n) is 3.46. The summed E-state index contributed by atoms with van der Waals surface area (Å²) < 4.78 is 6.17. The van der Waals surface area contributed by atoms with Gasteiger partial charge in [0.15, 0.2) is 0 Å². The van der Waals surface area contributed by atoms with Crippen LogP contribution in [0, 0.1) is 6.92 Å². The van der Waals surface area contributed by atoms with Crippen molar-refractivity contribution in [3.05, 3.63) is 29.3 Å². The van der Waals surface area contributed by atoms with E-state index in [1.54, 1.807) is 0 Å². The Labute approximate surface area is 124 Å². The number of aryl methyl sites for hydroxylation is 1. The van der Waals surface area contributed by atoms with E-state index in [1.165, 1.54) is 11.1 Å². The maximum Gasteiger partial charge on any atom is 0.123 e. The first-order chi connectivity index (χ1) is 9.40. The van der Waals surface area contributed by atoms with Gasteiger partial charge in [0.05, 0.1) is 6.10 Å². The van der Waals surface area contributed by atoms with Gasteiger partial charge in [0.1, 0.15) is 5.75 Å². The second-order valence-corrected chi connectivity index (χ2v) is 6.38. The first-order valence-corrected chi connectivity index (χ1v) is 7.90. The minimum absolute atomic E-state index is 0.267. The van der Waals surface area contributed by atoms with Crippen LogP contribution in [0.15, 0.2) is 18.2 Å². The molecule has 1 rings (SSSR count). The average Bonchev–Trinajstić information content (AvgIpc) is 2.34. The molecule has 2 nitrogen and oxygen atoms in total. The Balaban J connectivity index is 2.52. The molecule has 2 heteroatoms. The van der Waals surface area contributed by atoms with Crippen LogP contribution >= 0.6 is 0 Å². The summed E-state index contributed by atoms with van der Waals surface area (Å²) in [7, 11) is 0. The third kappa shape index (κ3) is 5.96. The molecular formula is C18H31NO. The molecule has 0 aliphatic carbocycles. The molecule has 0 aromatic heterocycles. The van der Waals surface area contributed by atoms with E-state index in [9.17, 15) is 0 Å². The number of nitrogens with one attached hydrogen (secondary N) is 1. The largest absolute Gasteiger partial charge is 0.490 e. The van der Waals surface area contributed by atoms with E-state index in [-0.39, 0.29) is 6.10 Å². The molecule has 0 amide bonds.